The molecule has 8 heteroatoms. The van der Waals surface area contributed by atoms with Crippen LogP contribution in [-0.2, 0) is 16.9 Å². The van der Waals surface area contributed by atoms with Gasteiger partial charge in [-0.1, -0.05) is 54.2 Å². The van der Waals surface area contributed by atoms with Crippen LogP contribution in [0.25, 0.3) is 0 Å². The fraction of sp³-hybridized carbons (Fsp3) is 0.318. The van der Waals surface area contributed by atoms with Gasteiger partial charge in [0, 0.05) is 12.2 Å². The lowest BCUT2D eigenvalue weighted by atomic mass is 10.1. The van der Waals surface area contributed by atoms with Crippen molar-refractivity contribution in [2.75, 3.05) is 0 Å². The molecule has 1 atom stereocenters. The summed E-state index contributed by atoms with van der Waals surface area (Å²) >= 11 is 1.35. The number of carbonyl (C=O) groups excluding carboxylic acids is 1. The van der Waals surface area contributed by atoms with E-state index in [1.807, 2.05) is 30.3 Å². The Kier molecular flexibility index (Phi) is 7.10. The molecule has 3 aromatic rings. The van der Waals surface area contributed by atoms with E-state index >= 15 is 0 Å². The molecule has 1 aromatic heterocycles. The topological polar surface area (TPSA) is 77.2 Å². The van der Waals surface area contributed by atoms with Gasteiger partial charge in [-0.3, -0.25) is 0 Å². The Labute approximate surface area is 179 Å². The van der Waals surface area contributed by atoms with Gasteiger partial charge in [0.05, 0.1) is 0 Å². The number of nitrogens with zero attached hydrogens (tertiary/aromatic N) is 2. The van der Waals surface area contributed by atoms with Crippen molar-refractivity contribution in [3.05, 3.63) is 77.4 Å². The zero-order valence-corrected chi connectivity index (χ0v) is 17.9. The summed E-state index contributed by atoms with van der Waals surface area (Å²) in [6.07, 6.45) is -0.0770. The van der Waals surface area contributed by atoms with Crippen LogP contribution in [0.1, 0.15) is 43.8 Å². The number of alkyl carbamates (subject to hydrolysis) is 1. The lowest BCUT2D eigenvalue weighted by Crippen LogP contribution is -2.36. The van der Waals surface area contributed by atoms with Gasteiger partial charge in [0.25, 0.3) is 5.22 Å². The van der Waals surface area contributed by atoms with Crippen LogP contribution in [0.2, 0.25) is 0 Å². The molecule has 1 amide bonds. The second kappa shape index (κ2) is 9.75. The molecule has 1 heterocycles. The van der Waals surface area contributed by atoms with Gasteiger partial charge in [0.1, 0.15) is 17.5 Å². The van der Waals surface area contributed by atoms with Crippen LogP contribution in [0.4, 0.5) is 9.18 Å². The van der Waals surface area contributed by atoms with E-state index in [0.29, 0.717) is 23.3 Å². The summed E-state index contributed by atoms with van der Waals surface area (Å²) in [5, 5.41) is 11.4. The Balaban J connectivity index is 1.70. The second-order valence-electron chi connectivity index (χ2n) is 7.71. The van der Waals surface area contributed by atoms with Crippen molar-refractivity contribution in [3.63, 3.8) is 0 Å². The summed E-state index contributed by atoms with van der Waals surface area (Å²) in [4.78, 5) is 12.3. The van der Waals surface area contributed by atoms with Gasteiger partial charge in [-0.15, -0.1) is 10.2 Å². The fourth-order valence-electron chi connectivity index (χ4n) is 2.64. The lowest BCUT2D eigenvalue weighted by molar-refractivity contribution is 0.0494. The molecular formula is C22H24FN3O3S. The molecule has 0 spiro atoms. The van der Waals surface area contributed by atoms with E-state index in [4.69, 9.17) is 9.15 Å². The number of rotatable bonds is 7. The second-order valence-corrected chi connectivity index (χ2v) is 8.64. The molecule has 2 aromatic carbocycles. The third kappa shape index (κ3) is 6.88. The van der Waals surface area contributed by atoms with E-state index in [2.05, 4.69) is 15.5 Å². The summed E-state index contributed by atoms with van der Waals surface area (Å²) in [5.74, 6) is 0.581. The van der Waals surface area contributed by atoms with Gasteiger partial charge in [-0.25, -0.2) is 9.18 Å². The smallest absolute Gasteiger partial charge is 0.408 e. The van der Waals surface area contributed by atoms with E-state index in [1.165, 1.54) is 23.9 Å². The van der Waals surface area contributed by atoms with Crippen molar-refractivity contribution >= 4 is 17.9 Å². The highest BCUT2D eigenvalue weighted by Gasteiger charge is 2.25. The molecule has 0 aliphatic rings. The number of amides is 1. The number of hydrogen-bond acceptors (Lipinski definition) is 6. The molecule has 0 fully saturated rings. The number of thioether (sulfide) groups is 1. The van der Waals surface area contributed by atoms with Crippen molar-refractivity contribution < 1.29 is 18.3 Å². The van der Waals surface area contributed by atoms with Crippen LogP contribution in [-0.4, -0.2) is 21.9 Å². The molecule has 0 aliphatic heterocycles. The number of halogens is 1. The summed E-state index contributed by atoms with van der Waals surface area (Å²) in [6.45, 7) is 5.40. The van der Waals surface area contributed by atoms with Crippen LogP contribution >= 0.6 is 11.8 Å². The van der Waals surface area contributed by atoms with Crippen LogP contribution < -0.4 is 5.32 Å². The molecular weight excluding hydrogens is 405 g/mol. The average Bonchev–Trinajstić information content (AvgIpc) is 3.15. The molecule has 0 radical (unpaired) electrons. The van der Waals surface area contributed by atoms with Crippen LogP contribution in [0, 0.1) is 5.82 Å². The molecule has 30 heavy (non-hydrogen) atoms. The van der Waals surface area contributed by atoms with Crippen LogP contribution in [0.15, 0.2) is 64.2 Å². The van der Waals surface area contributed by atoms with E-state index in [0.717, 1.165) is 11.1 Å². The molecule has 0 saturated heterocycles. The minimum atomic E-state index is -0.619. The molecule has 1 unspecified atom stereocenters. The highest BCUT2D eigenvalue weighted by molar-refractivity contribution is 7.98. The van der Waals surface area contributed by atoms with Crippen molar-refractivity contribution in [3.8, 4) is 0 Å². The minimum Gasteiger partial charge on any atom is -0.444 e. The fourth-order valence-corrected chi connectivity index (χ4v) is 3.37. The molecule has 6 nitrogen and oxygen atoms in total. The quantitative estimate of drug-likeness (QED) is 0.513. The highest BCUT2D eigenvalue weighted by atomic mass is 32.2. The van der Waals surface area contributed by atoms with Gasteiger partial charge >= 0.3 is 6.09 Å². The largest absolute Gasteiger partial charge is 0.444 e. The van der Waals surface area contributed by atoms with E-state index in [-0.39, 0.29) is 5.82 Å². The van der Waals surface area contributed by atoms with Crippen LogP contribution in [0.5, 0.6) is 0 Å². The predicted octanol–water partition coefficient (Wildman–Crippen LogP) is 5.31. The van der Waals surface area contributed by atoms with Gasteiger partial charge in [-0.2, -0.15) is 0 Å². The maximum absolute atomic E-state index is 13.0. The zero-order chi connectivity index (χ0) is 21.6. The monoisotopic (exact) mass is 429 g/mol. The van der Waals surface area contributed by atoms with Crippen LogP contribution in [0.3, 0.4) is 0 Å². The van der Waals surface area contributed by atoms with Gasteiger partial charge in [0.2, 0.25) is 5.89 Å². The maximum Gasteiger partial charge on any atom is 0.408 e. The number of benzene rings is 2. The number of nitrogens with one attached hydrogen (secondary N) is 1. The van der Waals surface area contributed by atoms with Crippen molar-refractivity contribution in [1.29, 1.82) is 0 Å². The van der Waals surface area contributed by atoms with Crippen molar-refractivity contribution in [2.24, 2.45) is 0 Å². The predicted molar refractivity (Wildman–Crippen MR) is 113 cm³/mol. The Morgan fingerprint density at radius 2 is 1.80 bits per heavy atom. The molecule has 0 saturated carbocycles. The zero-order valence-electron chi connectivity index (χ0n) is 17.1. The van der Waals surface area contributed by atoms with E-state index in [9.17, 15) is 9.18 Å². The number of carbonyl (C=O) groups is 1. The minimum absolute atomic E-state index is 0.277. The Bertz CT molecular complexity index is 956. The Morgan fingerprint density at radius 1 is 1.10 bits per heavy atom. The van der Waals surface area contributed by atoms with E-state index in [1.54, 1.807) is 32.9 Å². The summed E-state index contributed by atoms with van der Waals surface area (Å²) < 4.78 is 24.2. The summed E-state index contributed by atoms with van der Waals surface area (Å²) in [6, 6.07) is 15.4. The molecule has 158 valence electrons. The van der Waals surface area contributed by atoms with Gasteiger partial charge in [0.15, 0.2) is 0 Å². The first kappa shape index (κ1) is 21.8. The molecule has 1 N–H and O–H groups in total. The number of hydrogen-bond donors (Lipinski definition) is 1. The summed E-state index contributed by atoms with van der Waals surface area (Å²) in [5.41, 5.74) is 1.33. The van der Waals surface area contributed by atoms with Gasteiger partial charge < -0.3 is 14.5 Å². The Hall–Kier alpha value is -2.87. The summed E-state index contributed by atoms with van der Waals surface area (Å²) in [7, 11) is 0. The average molecular weight is 430 g/mol. The lowest BCUT2D eigenvalue weighted by Gasteiger charge is -2.22. The van der Waals surface area contributed by atoms with Crippen molar-refractivity contribution in [2.45, 2.75) is 49.8 Å². The third-order valence-corrected chi connectivity index (χ3v) is 4.86. The molecule has 3 rings (SSSR count). The highest BCUT2D eigenvalue weighted by Crippen LogP contribution is 2.25. The first-order valence-corrected chi connectivity index (χ1v) is 10.5. The Morgan fingerprint density at radius 3 is 2.47 bits per heavy atom. The standard InChI is InChI=1S/C22H24FN3O3S/c1-22(2,3)29-20(27)24-18(13-15-7-5-4-6-8-15)19-25-26-21(28-19)30-14-16-9-11-17(23)12-10-16/h4-12,18H,13-14H2,1-3H3,(H,24,27). The van der Waals surface area contributed by atoms with Gasteiger partial charge in [-0.05, 0) is 44.0 Å². The number of aromatic nitrogens is 2. The normalized spacial score (nSPS) is 12.4. The SMILES string of the molecule is CC(C)(C)OC(=O)NC(Cc1ccccc1)c1nnc(SCc2ccc(F)cc2)o1. The van der Waals surface area contributed by atoms with E-state index < -0.39 is 17.7 Å². The molecule has 0 aliphatic carbocycles. The molecule has 0 bridgehead atoms. The first-order valence-electron chi connectivity index (χ1n) is 9.52. The number of ether oxygens (including phenoxy) is 1. The maximum atomic E-state index is 13.0. The third-order valence-electron chi connectivity index (χ3n) is 3.97. The first-order chi connectivity index (χ1) is 14.3. The van der Waals surface area contributed by atoms with Crippen molar-refractivity contribution in [1.82, 2.24) is 15.5 Å².